The quantitative estimate of drug-likeness (QED) is 0.447. The summed E-state index contributed by atoms with van der Waals surface area (Å²) in [6.07, 6.45) is 5.18. The Morgan fingerprint density at radius 3 is 1.39 bits per heavy atom. The van der Waals surface area contributed by atoms with Crippen LogP contribution in [0.1, 0.15) is 89.9 Å². The van der Waals surface area contributed by atoms with Crippen LogP contribution >= 0.6 is 0 Å². The van der Waals surface area contributed by atoms with Gasteiger partial charge in [0.05, 0.1) is 17.7 Å². The lowest BCUT2D eigenvalue weighted by Gasteiger charge is -2.40. The van der Waals surface area contributed by atoms with Crippen molar-refractivity contribution in [3.05, 3.63) is 71.8 Å². The third kappa shape index (κ3) is 8.33. The summed E-state index contributed by atoms with van der Waals surface area (Å²) in [5.41, 5.74) is 1.63. The van der Waals surface area contributed by atoms with Crippen LogP contribution in [0.3, 0.4) is 0 Å². The predicted octanol–water partition coefficient (Wildman–Crippen LogP) is 6.24. The van der Waals surface area contributed by atoms with Gasteiger partial charge in [0.25, 0.3) is 0 Å². The van der Waals surface area contributed by atoms with Crippen LogP contribution in [0.25, 0.3) is 0 Å². The van der Waals surface area contributed by atoms with Crippen LogP contribution in [-0.2, 0) is 9.59 Å². The van der Waals surface area contributed by atoms with Crippen molar-refractivity contribution >= 4 is 11.6 Å². The minimum atomic E-state index is -0.585. The number of aliphatic hydroxyl groups is 1. The largest absolute Gasteiger partial charge is 0.390 e. The summed E-state index contributed by atoms with van der Waals surface area (Å²) in [6, 6.07) is 20.0. The van der Waals surface area contributed by atoms with Gasteiger partial charge in [-0.1, -0.05) is 94.8 Å². The normalized spacial score (nSPS) is 19.9. The van der Waals surface area contributed by atoms with E-state index in [4.69, 9.17) is 0 Å². The molecule has 5 nitrogen and oxygen atoms in total. The summed E-state index contributed by atoms with van der Waals surface area (Å²) in [6.45, 7) is 13.4. The molecule has 0 bridgehead atoms. The minimum Gasteiger partial charge on any atom is -0.390 e. The second kappa shape index (κ2) is 14.2. The van der Waals surface area contributed by atoms with Crippen LogP contribution in [0, 0.1) is 11.8 Å². The van der Waals surface area contributed by atoms with Gasteiger partial charge in [0.1, 0.15) is 0 Å². The Bertz CT molecular complexity index is 987. The van der Waals surface area contributed by atoms with E-state index < -0.39 is 5.60 Å². The average Bonchev–Trinajstić information content (AvgIpc) is 2.92. The highest BCUT2D eigenvalue weighted by atomic mass is 16.3. The molecule has 2 atom stereocenters. The summed E-state index contributed by atoms with van der Waals surface area (Å²) < 4.78 is 0. The minimum absolute atomic E-state index is 0.0163. The fourth-order valence-corrected chi connectivity index (χ4v) is 5.45. The van der Waals surface area contributed by atoms with Crippen molar-refractivity contribution in [2.45, 2.75) is 84.4 Å². The average molecular weight is 521 g/mol. The summed E-state index contributed by atoms with van der Waals surface area (Å²) in [5.74, 6) is 0.723. The lowest BCUT2D eigenvalue weighted by atomic mass is 9.88. The molecule has 1 N–H and O–H groups in total. The van der Waals surface area contributed by atoms with Gasteiger partial charge in [-0.15, -0.1) is 0 Å². The number of likely N-dealkylation sites (tertiary alicyclic amines) is 2. The van der Waals surface area contributed by atoms with Crippen LogP contribution in [0.15, 0.2) is 60.7 Å². The molecule has 38 heavy (non-hydrogen) atoms. The molecule has 2 aliphatic rings. The predicted molar refractivity (Wildman–Crippen MR) is 155 cm³/mol. The number of rotatable bonds is 8. The van der Waals surface area contributed by atoms with E-state index in [-0.39, 0.29) is 29.7 Å². The third-order valence-electron chi connectivity index (χ3n) is 7.90. The summed E-state index contributed by atoms with van der Waals surface area (Å²) in [5, 5.41) is 10.1. The van der Waals surface area contributed by atoms with Crippen LogP contribution in [0.4, 0.5) is 0 Å². The number of hydrogen-bond donors (Lipinski definition) is 1. The van der Waals surface area contributed by atoms with Crippen LogP contribution in [0.2, 0.25) is 0 Å². The molecule has 0 saturated carbocycles. The van der Waals surface area contributed by atoms with Gasteiger partial charge in [-0.2, -0.15) is 0 Å². The number of carbonyl (C=O) groups excluding carboxylic acids is 2. The lowest BCUT2D eigenvalue weighted by Crippen LogP contribution is -2.46. The molecule has 2 aliphatic heterocycles. The molecule has 0 aliphatic carbocycles. The smallest absolute Gasteiger partial charge is 0.157 e. The zero-order valence-corrected chi connectivity index (χ0v) is 24.1. The van der Waals surface area contributed by atoms with Crippen molar-refractivity contribution in [1.29, 1.82) is 0 Å². The molecule has 0 aromatic heterocycles. The highest BCUT2D eigenvalue weighted by Gasteiger charge is 2.35. The van der Waals surface area contributed by atoms with Gasteiger partial charge in [-0.05, 0) is 56.8 Å². The maximum Gasteiger partial charge on any atom is 0.157 e. The Balaban J connectivity index is 0.000000212. The van der Waals surface area contributed by atoms with E-state index in [1.807, 2.05) is 83.1 Å². The Hall–Kier alpha value is -2.34. The second-order valence-electron chi connectivity index (χ2n) is 11.9. The fraction of sp³-hybridized carbons (Fsp3) is 0.576. The molecular weight excluding hydrogens is 472 g/mol. The summed E-state index contributed by atoms with van der Waals surface area (Å²) in [4.78, 5) is 29.7. The molecule has 2 heterocycles. The highest BCUT2D eigenvalue weighted by molar-refractivity contribution is 5.87. The second-order valence-corrected chi connectivity index (χ2v) is 11.9. The maximum absolute atomic E-state index is 12.6. The number of nitrogens with zero attached hydrogens (tertiary/aromatic N) is 2. The molecule has 208 valence electrons. The molecule has 2 aromatic rings. The number of hydrogen-bond acceptors (Lipinski definition) is 5. The molecule has 2 fully saturated rings. The van der Waals surface area contributed by atoms with Gasteiger partial charge in [-0.3, -0.25) is 19.4 Å². The number of ketones is 2. The van der Waals surface area contributed by atoms with Crippen molar-refractivity contribution < 1.29 is 14.7 Å². The van der Waals surface area contributed by atoms with E-state index in [1.165, 1.54) is 19.3 Å². The molecule has 2 saturated heterocycles. The number of piperidine rings is 2. The van der Waals surface area contributed by atoms with Crippen molar-refractivity contribution in [3.8, 4) is 0 Å². The van der Waals surface area contributed by atoms with E-state index in [9.17, 15) is 14.7 Å². The monoisotopic (exact) mass is 520 g/mol. The van der Waals surface area contributed by atoms with E-state index in [0.29, 0.717) is 5.78 Å². The van der Waals surface area contributed by atoms with Crippen molar-refractivity contribution in [2.24, 2.45) is 11.8 Å². The molecular formula is C33H48N2O3. The maximum atomic E-state index is 12.6. The van der Waals surface area contributed by atoms with E-state index in [0.717, 1.165) is 50.1 Å². The van der Waals surface area contributed by atoms with Gasteiger partial charge in [0.15, 0.2) is 11.6 Å². The van der Waals surface area contributed by atoms with Gasteiger partial charge in [0.2, 0.25) is 0 Å². The van der Waals surface area contributed by atoms with Gasteiger partial charge in [0, 0.05) is 24.9 Å². The van der Waals surface area contributed by atoms with Crippen LogP contribution in [-0.4, -0.2) is 58.3 Å². The van der Waals surface area contributed by atoms with Gasteiger partial charge in [-0.25, -0.2) is 0 Å². The van der Waals surface area contributed by atoms with Crippen LogP contribution < -0.4 is 0 Å². The Labute approximate surface area is 230 Å². The van der Waals surface area contributed by atoms with Crippen molar-refractivity contribution in [1.82, 2.24) is 9.80 Å². The van der Waals surface area contributed by atoms with Crippen molar-refractivity contribution in [3.63, 3.8) is 0 Å². The SMILES string of the molecule is CC(C)C(=O)[C@@H](c1ccccc1)N1CCC(C)(O)CC1.CC(C)C(=O)[C@@H](c1ccccc1)N1CCCCC1. The van der Waals surface area contributed by atoms with Gasteiger partial charge >= 0.3 is 0 Å². The van der Waals surface area contributed by atoms with E-state index in [2.05, 4.69) is 21.9 Å². The number of benzene rings is 2. The zero-order chi connectivity index (χ0) is 27.7. The molecule has 0 radical (unpaired) electrons. The standard InChI is InChI=1S/C17H25NO2.C16H23NO/c1-13(2)16(19)15(14-7-5-4-6-8-14)18-11-9-17(3,20)10-12-18;1-13(2)16(18)15(14-9-5-3-6-10-14)17-11-7-4-8-12-17/h4-8,13,15,20H,9-12H2,1-3H3;3,5-6,9-10,13,15H,4,7-8,11-12H2,1-2H3/t2*15-/m11/s1. The highest BCUT2D eigenvalue weighted by Crippen LogP contribution is 2.31. The third-order valence-corrected chi connectivity index (χ3v) is 7.90. The molecule has 0 amide bonds. The Kier molecular flexibility index (Phi) is 11.3. The number of carbonyl (C=O) groups is 2. The molecule has 2 aromatic carbocycles. The molecule has 0 spiro atoms. The Morgan fingerprint density at radius 1 is 0.658 bits per heavy atom. The van der Waals surface area contributed by atoms with E-state index in [1.54, 1.807) is 0 Å². The van der Waals surface area contributed by atoms with Crippen molar-refractivity contribution in [2.75, 3.05) is 26.2 Å². The first-order valence-corrected chi connectivity index (χ1v) is 14.5. The first-order chi connectivity index (χ1) is 18.1. The zero-order valence-electron chi connectivity index (χ0n) is 24.1. The number of Topliss-reactive ketones (excluding diaryl/α,β-unsaturated/α-hetero) is 2. The lowest BCUT2D eigenvalue weighted by molar-refractivity contribution is -0.129. The Morgan fingerprint density at radius 2 is 1.03 bits per heavy atom. The van der Waals surface area contributed by atoms with Gasteiger partial charge < -0.3 is 5.11 Å². The molecule has 5 heteroatoms. The molecule has 4 rings (SSSR count). The van der Waals surface area contributed by atoms with E-state index >= 15 is 0 Å². The summed E-state index contributed by atoms with van der Waals surface area (Å²) in [7, 11) is 0. The summed E-state index contributed by atoms with van der Waals surface area (Å²) >= 11 is 0. The molecule has 0 unspecified atom stereocenters. The fourth-order valence-electron chi connectivity index (χ4n) is 5.45. The first kappa shape index (κ1) is 30.2. The first-order valence-electron chi connectivity index (χ1n) is 14.5. The topological polar surface area (TPSA) is 60.9 Å². The van der Waals surface area contributed by atoms with Crippen LogP contribution in [0.5, 0.6) is 0 Å².